The van der Waals surface area contributed by atoms with Crippen molar-refractivity contribution in [3.05, 3.63) is 58.1 Å². The fourth-order valence-corrected chi connectivity index (χ4v) is 2.82. The van der Waals surface area contributed by atoms with Crippen LogP contribution in [0, 0.1) is 0 Å². The topological polar surface area (TPSA) is 18.5 Å². The van der Waals surface area contributed by atoms with Gasteiger partial charge >= 0.3 is 0 Å². The normalized spacial score (nSPS) is 11.4. The van der Waals surface area contributed by atoms with Gasteiger partial charge < -0.3 is 9.47 Å². The first-order chi connectivity index (χ1) is 10.3. The molecule has 0 heterocycles. The summed E-state index contributed by atoms with van der Waals surface area (Å²) in [5.74, 6) is 1.60. The van der Waals surface area contributed by atoms with E-state index in [2.05, 4.69) is 39.0 Å². The van der Waals surface area contributed by atoms with Gasteiger partial charge in [0.2, 0.25) is 0 Å². The molecule has 118 valence electrons. The van der Waals surface area contributed by atoms with Gasteiger partial charge in [-0.1, -0.05) is 44.5 Å². The molecule has 0 aliphatic carbocycles. The van der Waals surface area contributed by atoms with E-state index in [-0.39, 0.29) is 5.41 Å². The highest BCUT2D eigenvalue weighted by molar-refractivity contribution is 6.32. The summed E-state index contributed by atoms with van der Waals surface area (Å²) in [7, 11) is 3.33. The number of ether oxygens (including phenoxy) is 2. The summed E-state index contributed by atoms with van der Waals surface area (Å²) in [6, 6.07) is 12.2. The van der Waals surface area contributed by atoms with Crippen LogP contribution >= 0.6 is 11.6 Å². The van der Waals surface area contributed by atoms with Gasteiger partial charge in [-0.2, -0.15) is 0 Å². The molecule has 0 fully saturated rings. The average molecular weight is 319 g/mol. The quantitative estimate of drug-likeness (QED) is 0.767. The van der Waals surface area contributed by atoms with Crippen molar-refractivity contribution in [3.8, 4) is 11.5 Å². The molecular weight excluding hydrogens is 296 g/mol. The molecule has 0 N–H and O–H groups in total. The number of methoxy groups -OCH3 is 2. The third-order valence-corrected chi connectivity index (χ3v) is 4.03. The lowest BCUT2D eigenvalue weighted by Crippen LogP contribution is -2.15. The molecule has 0 unspecified atom stereocenters. The van der Waals surface area contributed by atoms with E-state index in [4.69, 9.17) is 21.1 Å². The van der Waals surface area contributed by atoms with Crippen molar-refractivity contribution in [2.75, 3.05) is 14.2 Å². The van der Waals surface area contributed by atoms with E-state index < -0.39 is 0 Å². The zero-order valence-corrected chi connectivity index (χ0v) is 14.6. The molecule has 22 heavy (non-hydrogen) atoms. The van der Waals surface area contributed by atoms with Crippen molar-refractivity contribution in [2.24, 2.45) is 0 Å². The summed E-state index contributed by atoms with van der Waals surface area (Å²) in [5, 5.41) is 0.652. The smallest absolute Gasteiger partial charge is 0.137 e. The SMILES string of the molecule is COc1ccc(Cc2cc(Cl)c(OC)cc2C(C)(C)C)cc1. The van der Waals surface area contributed by atoms with Gasteiger partial charge in [0.05, 0.1) is 19.2 Å². The van der Waals surface area contributed by atoms with Crippen molar-refractivity contribution in [1.82, 2.24) is 0 Å². The van der Waals surface area contributed by atoms with E-state index in [1.807, 2.05) is 18.2 Å². The van der Waals surface area contributed by atoms with Crippen LogP contribution in [0.5, 0.6) is 11.5 Å². The minimum atomic E-state index is 0.0275. The van der Waals surface area contributed by atoms with Gasteiger partial charge in [0, 0.05) is 0 Å². The average Bonchev–Trinajstić information content (AvgIpc) is 2.47. The second-order valence-electron chi connectivity index (χ2n) is 6.42. The summed E-state index contributed by atoms with van der Waals surface area (Å²) >= 11 is 6.32. The molecule has 3 heteroatoms. The van der Waals surface area contributed by atoms with Crippen molar-refractivity contribution in [2.45, 2.75) is 32.6 Å². The van der Waals surface area contributed by atoms with Crippen molar-refractivity contribution in [1.29, 1.82) is 0 Å². The molecule has 2 nitrogen and oxygen atoms in total. The molecule has 0 bridgehead atoms. The maximum Gasteiger partial charge on any atom is 0.137 e. The Labute approximate surface area is 138 Å². The minimum absolute atomic E-state index is 0.0275. The van der Waals surface area contributed by atoms with E-state index in [0.29, 0.717) is 5.02 Å². The Morgan fingerprint density at radius 2 is 1.59 bits per heavy atom. The fourth-order valence-electron chi connectivity index (χ4n) is 2.56. The van der Waals surface area contributed by atoms with Crippen LogP contribution in [0.3, 0.4) is 0 Å². The largest absolute Gasteiger partial charge is 0.497 e. The predicted molar refractivity (Wildman–Crippen MR) is 92.5 cm³/mol. The molecule has 0 aliphatic rings. The Morgan fingerprint density at radius 3 is 2.09 bits per heavy atom. The minimum Gasteiger partial charge on any atom is -0.497 e. The molecule has 0 aromatic heterocycles. The summed E-state index contributed by atoms with van der Waals surface area (Å²) < 4.78 is 10.6. The van der Waals surface area contributed by atoms with Crippen molar-refractivity contribution >= 4 is 11.6 Å². The van der Waals surface area contributed by atoms with Crippen LogP contribution in [0.2, 0.25) is 5.02 Å². The lowest BCUT2D eigenvalue weighted by molar-refractivity contribution is 0.412. The standard InChI is InChI=1S/C19H23ClO2/c1-19(2,3)16-12-18(22-5)17(20)11-14(16)10-13-6-8-15(21-4)9-7-13/h6-9,11-12H,10H2,1-5H3. The number of hydrogen-bond acceptors (Lipinski definition) is 2. The van der Waals surface area contributed by atoms with Crippen LogP contribution in [-0.2, 0) is 11.8 Å². The van der Waals surface area contributed by atoms with Gasteiger partial charge in [0.25, 0.3) is 0 Å². The van der Waals surface area contributed by atoms with Gasteiger partial charge in [-0.25, -0.2) is 0 Å². The molecule has 0 aliphatic heterocycles. The summed E-state index contributed by atoms with van der Waals surface area (Å²) in [6.07, 6.45) is 0.834. The van der Waals surface area contributed by atoms with Crippen LogP contribution in [0.1, 0.15) is 37.5 Å². The van der Waals surface area contributed by atoms with Crippen LogP contribution in [0.4, 0.5) is 0 Å². The highest BCUT2D eigenvalue weighted by atomic mass is 35.5. The molecule has 0 saturated carbocycles. The van der Waals surface area contributed by atoms with E-state index >= 15 is 0 Å². The highest BCUT2D eigenvalue weighted by Gasteiger charge is 2.20. The third kappa shape index (κ3) is 3.75. The van der Waals surface area contributed by atoms with Gasteiger partial charge in [0.15, 0.2) is 0 Å². The first-order valence-electron chi connectivity index (χ1n) is 7.35. The number of hydrogen-bond donors (Lipinski definition) is 0. The van der Waals surface area contributed by atoms with E-state index in [1.54, 1.807) is 14.2 Å². The second kappa shape index (κ2) is 6.62. The summed E-state index contributed by atoms with van der Waals surface area (Å²) in [4.78, 5) is 0. The maximum absolute atomic E-state index is 6.32. The Bertz CT molecular complexity index is 640. The Hall–Kier alpha value is -1.67. The molecule has 0 atom stereocenters. The van der Waals surface area contributed by atoms with Crippen molar-refractivity contribution < 1.29 is 9.47 Å². The molecule has 0 spiro atoms. The zero-order valence-electron chi connectivity index (χ0n) is 13.9. The molecule has 2 aromatic rings. The number of benzene rings is 2. The summed E-state index contributed by atoms with van der Waals surface area (Å²) in [6.45, 7) is 6.60. The first kappa shape index (κ1) is 16.7. The maximum atomic E-state index is 6.32. The second-order valence-corrected chi connectivity index (χ2v) is 6.83. The zero-order chi connectivity index (χ0) is 16.3. The molecule has 2 rings (SSSR count). The van der Waals surface area contributed by atoms with Crippen LogP contribution in [0.15, 0.2) is 36.4 Å². The van der Waals surface area contributed by atoms with Crippen LogP contribution in [-0.4, -0.2) is 14.2 Å². The van der Waals surface area contributed by atoms with E-state index in [0.717, 1.165) is 17.9 Å². The van der Waals surface area contributed by atoms with Gasteiger partial charge in [-0.15, -0.1) is 0 Å². The molecular formula is C19H23ClO2. The van der Waals surface area contributed by atoms with Crippen LogP contribution in [0.25, 0.3) is 0 Å². The molecule has 0 amide bonds. The predicted octanol–water partition coefficient (Wildman–Crippen LogP) is 5.25. The van der Waals surface area contributed by atoms with Crippen molar-refractivity contribution in [3.63, 3.8) is 0 Å². The Kier molecular flexibility index (Phi) is 5.02. The van der Waals surface area contributed by atoms with Gasteiger partial charge in [0.1, 0.15) is 11.5 Å². The van der Waals surface area contributed by atoms with Gasteiger partial charge in [-0.3, -0.25) is 0 Å². The van der Waals surface area contributed by atoms with E-state index in [9.17, 15) is 0 Å². The lowest BCUT2D eigenvalue weighted by Gasteiger charge is -2.24. The lowest BCUT2D eigenvalue weighted by atomic mass is 9.82. The Balaban J connectivity index is 2.42. The Morgan fingerprint density at radius 1 is 0.955 bits per heavy atom. The monoisotopic (exact) mass is 318 g/mol. The fraction of sp³-hybridized carbons (Fsp3) is 0.368. The molecule has 2 aromatic carbocycles. The van der Waals surface area contributed by atoms with Gasteiger partial charge in [-0.05, 0) is 52.8 Å². The van der Waals surface area contributed by atoms with E-state index in [1.165, 1.54) is 16.7 Å². The third-order valence-electron chi connectivity index (χ3n) is 3.74. The first-order valence-corrected chi connectivity index (χ1v) is 7.72. The molecule has 0 saturated heterocycles. The number of halogens is 1. The molecule has 0 radical (unpaired) electrons. The highest BCUT2D eigenvalue weighted by Crippen LogP contribution is 2.35. The van der Waals surface area contributed by atoms with Crippen LogP contribution < -0.4 is 9.47 Å². The summed E-state index contributed by atoms with van der Waals surface area (Å²) in [5.41, 5.74) is 3.74. The number of rotatable bonds is 4.